The van der Waals surface area contributed by atoms with E-state index in [4.69, 9.17) is 10.2 Å². The van der Waals surface area contributed by atoms with Crippen LogP contribution in [0.5, 0.6) is 0 Å². The fourth-order valence-corrected chi connectivity index (χ4v) is 1.23. The molecule has 0 bridgehead atoms. The van der Waals surface area contributed by atoms with Gasteiger partial charge in [-0.1, -0.05) is 6.07 Å². The first kappa shape index (κ1) is 11.1. The van der Waals surface area contributed by atoms with Crippen molar-refractivity contribution in [2.45, 2.75) is 19.0 Å². The fourth-order valence-electron chi connectivity index (χ4n) is 1.23. The summed E-state index contributed by atoms with van der Waals surface area (Å²) in [6.07, 6.45) is 1.72. The van der Waals surface area contributed by atoms with E-state index in [9.17, 15) is 0 Å². The van der Waals surface area contributed by atoms with Gasteiger partial charge in [-0.2, -0.15) is 0 Å². The van der Waals surface area contributed by atoms with E-state index >= 15 is 0 Å². The third-order valence-corrected chi connectivity index (χ3v) is 2.06. The molecule has 1 heterocycles. The predicted molar refractivity (Wildman–Crippen MR) is 53.7 cm³/mol. The Kier molecular flexibility index (Phi) is 4.52. The highest BCUT2D eigenvalue weighted by Gasteiger charge is 2.11. The minimum Gasteiger partial charge on any atom is -0.395 e. The number of aliphatic hydroxyl groups is 2. The molecule has 78 valence electrons. The van der Waals surface area contributed by atoms with Crippen LogP contribution in [0.1, 0.15) is 18.7 Å². The van der Waals surface area contributed by atoms with Crippen molar-refractivity contribution >= 4 is 0 Å². The first-order valence-corrected chi connectivity index (χ1v) is 4.66. The molecule has 1 aromatic rings. The second-order valence-corrected chi connectivity index (χ2v) is 3.21. The van der Waals surface area contributed by atoms with Gasteiger partial charge < -0.3 is 15.5 Å². The van der Waals surface area contributed by atoms with Gasteiger partial charge in [0.05, 0.1) is 24.9 Å². The number of nitrogens with zero attached hydrogens (tertiary/aromatic N) is 1. The molecule has 0 saturated carbocycles. The first-order chi connectivity index (χ1) is 6.77. The molecule has 0 aromatic carbocycles. The van der Waals surface area contributed by atoms with Gasteiger partial charge in [-0.15, -0.1) is 0 Å². The van der Waals surface area contributed by atoms with Crippen LogP contribution >= 0.6 is 0 Å². The van der Waals surface area contributed by atoms with Gasteiger partial charge in [0.1, 0.15) is 0 Å². The van der Waals surface area contributed by atoms with Gasteiger partial charge in [-0.25, -0.2) is 0 Å². The number of hydrogen-bond acceptors (Lipinski definition) is 4. The number of hydrogen-bond donors (Lipinski definition) is 3. The van der Waals surface area contributed by atoms with Crippen LogP contribution in [0.4, 0.5) is 0 Å². The molecule has 0 amide bonds. The Balaban J connectivity index is 2.54. The van der Waals surface area contributed by atoms with Crippen LogP contribution in [0.3, 0.4) is 0 Å². The third-order valence-electron chi connectivity index (χ3n) is 2.06. The second-order valence-electron chi connectivity index (χ2n) is 3.21. The molecule has 0 aliphatic carbocycles. The lowest BCUT2D eigenvalue weighted by Gasteiger charge is -2.19. The van der Waals surface area contributed by atoms with Crippen molar-refractivity contribution in [3.63, 3.8) is 0 Å². The minimum atomic E-state index is -0.285. The summed E-state index contributed by atoms with van der Waals surface area (Å²) in [5.74, 6) is 0. The summed E-state index contributed by atoms with van der Waals surface area (Å²) in [4.78, 5) is 4.17. The molecule has 0 aliphatic heterocycles. The van der Waals surface area contributed by atoms with Crippen molar-refractivity contribution in [3.05, 3.63) is 30.1 Å². The fraction of sp³-hybridized carbons (Fsp3) is 0.500. The van der Waals surface area contributed by atoms with Crippen LogP contribution in [0, 0.1) is 0 Å². The highest BCUT2D eigenvalue weighted by Crippen LogP contribution is 2.08. The molecular weight excluding hydrogens is 180 g/mol. The van der Waals surface area contributed by atoms with E-state index in [0.29, 0.717) is 0 Å². The van der Waals surface area contributed by atoms with Crippen LogP contribution in [0.2, 0.25) is 0 Å². The number of rotatable bonds is 5. The van der Waals surface area contributed by atoms with E-state index in [1.165, 1.54) is 0 Å². The highest BCUT2D eigenvalue weighted by molar-refractivity contribution is 5.07. The maximum Gasteiger partial charge on any atom is 0.0607 e. The van der Waals surface area contributed by atoms with Gasteiger partial charge in [0.2, 0.25) is 0 Å². The lowest BCUT2D eigenvalue weighted by atomic mass is 10.2. The largest absolute Gasteiger partial charge is 0.395 e. The average Bonchev–Trinajstić information content (AvgIpc) is 2.26. The summed E-state index contributed by atoms with van der Waals surface area (Å²) >= 11 is 0. The molecule has 0 aliphatic rings. The molecular formula is C10H16N2O2. The summed E-state index contributed by atoms with van der Waals surface area (Å²) in [5, 5.41) is 20.8. The molecule has 3 N–H and O–H groups in total. The van der Waals surface area contributed by atoms with Crippen LogP contribution in [-0.2, 0) is 0 Å². The number of pyridine rings is 1. The summed E-state index contributed by atoms with van der Waals surface area (Å²) < 4.78 is 0. The zero-order valence-corrected chi connectivity index (χ0v) is 8.22. The van der Waals surface area contributed by atoms with E-state index in [1.807, 2.05) is 25.1 Å². The monoisotopic (exact) mass is 196 g/mol. The van der Waals surface area contributed by atoms with Crippen LogP contribution in [-0.4, -0.2) is 34.5 Å². The Labute approximate surface area is 83.6 Å². The average molecular weight is 196 g/mol. The first-order valence-electron chi connectivity index (χ1n) is 4.66. The molecule has 1 aromatic heterocycles. The van der Waals surface area contributed by atoms with Gasteiger partial charge >= 0.3 is 0 Å². The molecule has 1 rings (SSSR count). The van der Waals surface area contributed by atoms with E-state index in [0.717, 1.165) is 5.69 Å². The third kappa shape index (κ3) is 3.06. The van der Waals surface area contributed by atoms with Gasteiger partial charge in [-0.3, -0.25) is 4.98 Å². The Bertz CT molecular complexity index is 250. The number of aliphatic hydroxyl groups excluding tert-OH is 2. The SMILES string of the molecule is CC(NC(CO)CO)c1ccccn1. The number of aromatic nitrogens is 1. The molecule has 0 radical (unpaired) electrons. The zero-order valence-electron chi connectivity index (χ0n) is 8.22. The Hall–Kier alpha value is -0.970. The van der Waals surface area contributed by atoms with Crippen molar-refractivity contribution in [1.82, 2.24) is 10.3 Å². The standard InChI is InChI=1S/C10H16N2O2/c1-8(12-9(6-13)7-14)10-4-2-3-5-11-10/h2-5,8-9,12-14H,6-7H2,1H3. The zero-order chi connectivity index (χ0) is 10.4. The normalized spacial score (nSPS) is 13.1. The van der Waals surface area contributed by atoms with E-state index < -0.39 is 0 Å². The van der Waals surface area contributed by atoms with E-state index in [1.54, 1.807) is 6.20 Å². The van der Waals surface area contributed by atoms with Gasteiger partial charge in [0, 0.05) is 12.2 Å². The molecule has 1 atom stereocenters. The van der Waals surface area contributed by atoms with Crippen LogP contribution < -0.4 is 5.32 Å². The summed E-state index contributed by atoms with van der Waals surface area (Å²) in [5.41, 5.74) is 0.902. The predicted octanol–water partition coefficient (Wildman–Crippen LogP) is 0.0854. The van der Waals surface area contributed by atoms with Gasteiger partial charge in [0.25, 0.3) is 0 Å². The van der Waals surface area contributed by atoms with Crippen molar-refractivity contribution in [3.8, 4) is 0 Å². The Morgan fingerprint density at radius 1 is 1.36 bits per heavy atom. The highest BCUT2D eigenvalue weighted by atomic mass is 16.3. The Morgan fingerprint density at radius 3 is 2.57 bits per heavy atom. The number of nitrogens with one attached hydrogen (secondary N) is 1. The summed E-state index contributed by atoms with van der Waals surface area (Å²) in [6, 6.07) is 5.41. The topological polar surface area (TPSA) is 65.4 Å². The maximum atomic E-state index is 8.88. The molecule has 14 heavy (non-hydrogen) atoms. The quantitative estimate of drug-likeness (QED) is 0.624. The van der Waals surface area contributed by atoms with Gasteiger partial charge in [-0.05, 0) is 19.1 Å². The lowest BCUT2D eigenvalue weighted by molar-refractivity contribution is 0.163. The maximum absolute atomic E-state index is 8.88. The van der Waals surface area contributed by atoms with E-state index in [-0.39, 0.29) is 25.3 Å². The summed E-state index contributed by atoms with van der Waals surface area (Å²) in [7, 11) is 0. The summed E-state index contributed by atoms with van der Waals surface area (Å²) in [6.45, 7) is 1.79. The van der Waals surface area contributed by atoms with Crippen LogP contribution in [0.25, 0.3) is 0 Å². The minimum absolute atomic E-state index is 0.0282. The molecule has 0 fully saturated rings. The van der Waals surface area contributed by atoms with Crippen molar-refractivity contribution in [2.24, 2.45) is 0 Å². The lowest BCUT2D eigenvalue weighted by Crippen LogP contribution is -2.37. The molecule has 0 spiro atoms. The molecule has 1 unspecified atom stereocenters. The van der Waals surface area contributed by atoms with Crippen molar-refractivity contribution in [2.75, 3.05) is 13.2 Å². The van der Waals surface area contributed by atoms with E-state index in [2.05, 4.69) is 10.3 Å². The Morgan fingerprint density at radius 2 is 2.07 bits per heavy atom. The van der Waals surface area contributed by atoms with Crippen molar-refractivity contribution in [1.29, 1.82) is 0 Å². The van der Waals surface area contributed by atoms with Crippen molar-refractivity contribution < 1.29 is 10.2 Å². The molecule has 4 nitrogen and oxygen atoms in total. The molecule has 4 heteroatoms. The second kappa shape index (κ2) is 5.70. The molecule has 0 saturated heterocycles. The van der Waals surface area contributed by atoms with Crippen LogP contribution in [0.15, 0.2) is 24.4 Å². The smallest absolute Gasteiger partial charge is 0.0607 e. The van der Waals surface area contributed by atoms with Gasteiger partial charge in [0.15, 0.2) is 0 Å².